The highest BCUT2D eigenvalue weighted by Gasteiger charge is 2.33. The highest BCUT2D eigenvalue weighted by Crippen LogP contribution is 2.21. The number of hydrogen-bond donors (Lipinski definition) is 1. The fourth-order valence-electron chi connectivity index (χ4n) is 2.64. The Hall–Kier alpha value is -1.73. The van der Waals surface area contributed by atoms with Crippen LogP contribution >= 0.6 is 22.7 Å². The lowest BCUT2D eigenvalue weighted by molar-refractivity contribution is -0.136. The minimum Gasteiger partial charge on any atom is -0.331 e. The van der Waals surface area contributed by atoms with E-state index in [0.717, 1.165) is 19.3 Å². The molecule has 2 aromatic heterocycles. The van der Waals surface area contributed by atoms with Crippen molar-refractivity contribution in [2.45, 2.75) is 31.7 Å². The van der Waals surface area contributed by atoms with Crippen LogP contribution in [-0.4, -0.2) is 34.3 Å². The summed E-state index contributed by atoms with van der Waals surface area (Å²) in [6, 6.07) is 1.67. The monoisotopic (exact) mass is 335 g/mol. The zero-order valence-electron chi connectivity index (χ0n) is 12.0. The van der Waals surface area contributed by atoms with Crippen molar-refractivity contribution in [3.63, 3.8) is 0 Å². The molecule has 0 radical (unpaired) electrons. The molecule has 0 saturated carbocycles. The van der Waals surface area contributed by atoms with Crippen molar-refractivity contribution in [2.24, 2.45) is 0 Å². The highest BCUT2D eigenvalue weighted by atomic mass is 32.1. The summed E-state index contributed by atoms with van der Waals surface area (Å²) in [7, 11) is 0. The first-order valence-electron chi connectivity index (χ1n) is 7.25. The number of carbonyl (C=O) groups excluding carboxylic acids is 2. The number of nitrogens with one attached hydrogen (secondary N) is 1. The minimum atomic E-state index is -0.362. The molecule has 2 amide bonds. The van der Waals surface area contributed by atoms with Gasteiger partial charge in [0.2, 0.25) is 11.8 Å². The number of nitrogens with zero attached hydrogens (tertiary/aromatic N) is 2. The van der Waals surface area contributed by atoms with E-state index < -0.39 is 0 Å². The molecule has 1 unspecified atom stereocenters. The van der Waals surface area contributed by atoms with Gasteiger partial charge in [0.25, 0.3) is 0 Å². The Labute approximate surface area is 137 Å². The predicted octanol–water partition coefficient (Wildman–Crippen LogP) is 2.77. The van der Waals surface area contributed by atoms with Crippen LogP contribution in [0, 0.1) is 0 Å². The fourth-order valence-corrected chi connectivity index (χ4v) is 3.88. The molecule has 0 spiro atoms. The van der Waals surface area contributed by atoms with Crippen molar-refractivity contribution in [3.05, 3.63) is 34.0 Å². The van der Waals surface area contributed by atoms with Gasteiger partial charge in [-0.25, -0.2) is 4.98 Å². The number of aryl methyl sites for hydroxylation is 1. The third kappa shape index (κ3) is 3.53. The zero-order valence-corrected chi connectivity index (χ0v) is 13.7. The summed E-state index contributed by atoms with van der Waals surface area (Å²) in [6.07, 6.45) is 4.44. The molecule has 1 saturated heterocycles. The molecule has 116 valence electrons. The molecule has 1 N–H and O–H groups in total. The van der Waals surface area contributed by atoms with E-state index in [9.17, 15) is 9.59 Å². The summed E-state index contributed by atoms with van der Waals surface area (Å²) in [5.74, 6) is -0.0701. The van der Waals surface area contributed by atoms with Crippen LogP contribution in [0.2, 0.25) is 0 Å². The standard InChI is InChI=1S/C15H17N3O2S2/c19-13(4-3-11-5-8-21-10-11)18-7-1-2-12(18)14(20)17-15-16-6-9-22-15/h5-6,8-10,12H,1-4,7H2,(H,16,17,20). The number of aromatic nitrogens is 1. The van der Waals surface area contributed by atoms with E-state index in [0.29, 0.717) is 18.1 Å². The molecule has 1 fully saturated rings. The maximum atomic E-state index is 12.4. The molecule has 5 nitrogen and oxygen atoms in total. The largest absolute Gasteiger partial charge is 0.331 e. The number of anilines is 1. The van der Waals surface area contributed by atoms with Crippen LogP contribution in [-0.2, 0) is 16.0 Å². The van der Waals surface area contributed by atoms with E-state index in [4.69, 9.17) is 0 Å². The van der Waals surface area contributed by atoms with Crippen molar-refractivity contribution in [1.82, 2.24) is 9.88 Å². The van der Waals surface area contributed by atoms with E-state index in [-0.39, 0.29) is 17.9 Å². The molecular formula is C15H17N3O2S2. The highest BCUT2D eigenvalue weighted by molar-refractivity contribution is 7.13. The lowest BCUT2D eigenvalue weighted by atomic mass is 10.1. The van der Waals surface area contributed by atoms with Gasteiger partial charge in [0, 0.05) is 24.5 Å². The van der Waals surface area contributed by atoms with Crippen molar-refractivity contribution in [2.75, 3.05) is 11.9 Å². The minimum absolute atomic E-state index is 0.0583. The molecule has 7 heteroatoms. The maximum Gasteiger partial charge on any atom is 0.248 e. The molecule has 1 aliphatic rings. The summed E-state index contributed by atoms with van der Waals surface area (Å²) in [5, 5.41) is 9.27. The van der Waals surface area contributed by atoms with Crippen LogP contribution in [0.3, 0.4) is 0 Å². The van der Waals surface area contributed by atoms with Gasteiger partial charge in [-0.3, -0.25) is 9.59 Å². The SMILES string of the molecule is O=C(Nc1nccs1)C1CCCN1C(=O)CCc1ccsc1. The first-order valence-corrected chi connectivity index (χ1v) is 9.07. The van der Waals surface area contributed by atoms with Gasteiger partial charge in [0.05, 0.1) is 0 Å². The van der Waals surface area contributed by atoms with Crippen LogP contribution in [0.4, 0.5) is 5.13 Å². The molecule has 3 rings (SSSR count). The van der Waals surface area contributed by atoms with Crippen molar-refractivity contribution in [1.29, 1.82) is 0 Å². The van der Waals surface area contributed by atoms with Gasteiger partial charge in [-0.05, 0) is 41.7 Å². The van der Waals surface area contributed by atoms with E-state index in [2.05, 4.69) is 15.7 Å². The number of thiazole rings is 1. The number of hydrogen-bond acceptors (Lipinski definition) is 5. The van der Waals surface area contributed by atoms with Gasteiger partial charge in [0.1, 0.15) is 6.04 Å². The average molecular weight is 335 g/mol. The molecule has 1 atom stereocenters. The van der Waals surface area contributed by atoms with Gasteiger partial charge in [-0.2, -0.15) is 11.3 Å². The number of likely N-dealkylation sites (tertiary alicyclic amines) is 1. The smallest absolute Gasteiger partial charge is 0.248 e. The fraction of sp³-hybridized carbons (Fsp3) is 0.400. The Balaban J connectivity index is 1.57. The van der Waals surface area contributed by atoms with Crippen LogP contribution < -0.4 is 5.32 Å². The Morgan fingerprint density at radius 2 is 2.32 bits per heavy atom. The van der Waals surface area contributed by atoms with Crippen LogP contribution in [0.25, 0.3) is 0 Å². The van der Waals surface area contributed by atoms with E-state index in [1.807, 2.05) is 16.8 Å². The second kappa shape index (κ2) is 7.02. The second-order valence-electron chi connectivity index (χ2n) is 5.20. The third-order valence-corrected chi connectivity index (χ3v) is 5.17. The number of amides is 2. The van der Waals surface area contributed by atoms with Gasteiger partial charge in [0.15, 0.2) is 5.13 Å². The Morgan fingerprint density at radius 3 is 3.05 bits per heavy atom. The Morgan fingerprint density at radius 1 is 1.41 bits per heavy atom. The zero-order chi connectivity index (χ0) is 15.4. The normalized spacial score (nSPS) is 17.6. The maximum absolute atomic E-state index is 12.4. The van der Waals surface area contributed by atoms with Crippen molar-refractivity contribution < 1.29 is 9.59 Å². The first kappa shape index (κ1) is 15.2. The Bertz CT molecular complexity index is 625. The lowest BCUT2D eigenvalue weighted by Gasteiger charge is -2.23. The molecule has 0 aromatic carbocycles. The van der Waals surface area contributed by atoms with Gasteiger partial charge < -0.3 is 10.2 Å². The topological polar surface area (TPSA) is 62.3 Å². The number of thiophene rings is 1. The van der Waals surface area contributed by atoms with Crippen molar-refractivity contribution >= 4 is 39.6 Å². The van der Waals surface area contributed by atoms with Crippen LogP contribution in [0.1, 0.15) is 24.8 Å². The van der Waals surface area contributed by atoms with Crippen molar-refractivity contribution in [3.8, 4) is 0 Å². The van der Waals surface area contributed by atoms with E-state index in [1.54, 1.807) is 22.4 Å². The molecular weight excluding hydrogens is 318 g/mol. The van der Waals surface area contributed by atoms with E-state index >= 15 is 0 Å². The molecule has 0 bridgehead atoms. The lowest BCUT2D eigenvalue weighted by Crippen LogP contribution is -2.43. The molecule has 22 heavy (non-hydrogen) atoms. The summed E-state index contributed by atoms with van der Waals surface area (Å²) in [6.45, 7) is 0.665. The third-order valence-electron chi connectivity index (χ3n) is 3.75. The van der Waals surface area contributed by atoms with E-state index in [1.165, 1.54) is 16.9 Å². The summed E-state index contributed by atoms with van der Waals surface area (Å²) in [4.78, 5) is 30.5. The molecule has 3 heterocycles. The first-order chi connectivity index (χ1) is 10.7. The average Bonchev–Trinajstić information content (AvgIpc) is 3.25. The summed E-state index contributed by atoms with van der Waals surface area (Å²) in [5.41, 5.74) is 1.18. The Kier molecular flexibility index (Phi) is 4.84. The van der Waals surface area contributed by atoms with Crippen LogP contribution in [0.5, 0.6) is 0 Å². The quantitative estimate of drug-likeness (QED) is 0.914. The molecule has 0 aliphatic carbocycles. The van der Waals surface area contributed by atoms with Gasteiger partial charge in [-0.15, -0.1) is 11.3 Å². The van der Waals surface area contributed by atoms with Gasteiger partial charge >= 0.3 is 0 Å². The summed E-state index contributed by atoms with van der Waals surface area (Å²) < 4.78 is 0. The predicted molar refractivity (Wildman–Crippen MR) is 88.1 cm³/mol. The molecule has 2 aromatic rings. The number of rotatable bonds is 5. The van der Waals surface area contributed by atoms with Gasteiger partial charge in [-0.1, -0.05) is 0 Å². The summed E-state index contributed by atoms with van der Waals surface area (Å²) >= 11 is 3.02. The number of carbonyl (C=O) groups is 2. The second-order valence-corrected chi connectivity index (χ2v) is 6.88. The molecule has 1 aliphatic heterocycles. The van der Waals surface area contributed by atoms with Crippen LogP contribution in [0.15, 0.2) is 28.4 Å².